The molecular formula is C17H24N2O. The predicted molar refractivity (Wildman–Crippen MR) is 81.4 cm³/mol. The van der Waals surface area contributed by atoms with Gasteiger partial charge in [-0.25, -0.2) is 0 Å². The van der Waals surface area contributed by atoms with Crippen molar-refractivity contribution < 1.29 is 5.11 Å². The lowest BCUT2D eigenvalue weighted by Gasteiger charge is -2.33. The molecule has 0 amide bonds. The summed E-state index contributed by atoms with van der Waals surface area (Å²) in [4.78, 5) is 0. The SMILES string of the molecule is CCC1CCCCC1C(O)c1nn(C)c2ccccc12. The Morgan fingerprint density at radius 1 is 1.30 bits per heavy atom. The highest BCUT2D eigenvalue weighted by molar-refractivity contribution is 5.82. The number of hydrogen-bond acceptors (Lipinski definition) is 2. The number of aromatic nitrogens is 2. The minimum absolute atomic E-state index is 0.368. The molecule has 0 bridgehead atoms. The van der Waals surface area contributed by atoms with E-state index in [1.165, 1.54) is 19.3 Å². The highest BCUT2D eigenvalue weighted by atomic mass is 16.3. The van der Waals surface area contributed by atoms with Crippen LogP contribution in [0.5, 0.6) is 0 Å². The Morgan fingerprint density at radius 3 is 2.85 bits per heavy atom. The third-order valence-electron chi connectivity index (χ3n) is 4.96. The van der Waals surface area contributed by atoms with Crippen LogP contribution in [0.4, 0.5) is 0 Å². The predicted octanol–water partition coefficient (Wildman–Crippen LogP) is 3.82. The molecule has 0 radical (unpaired) electrons. The monoisotopic (exact) mass is 272 g/mol. The van der Waals surface area contributed by atoms with E-state index < -0.39 is 6.10 Å². The molecule has 1 aromatic heterocycles. The van der Waals surface area contributed by atoms with Gasteiger partial charge in [0.05, 0.1) is 11.2 Å². The van der Waals surface area contributed by atoms with Crippen LogP contribution >= 0.6 is 0 Å². The minimum atomic E-state index is -0.425. The maximum atomic E-state index is 10.9. The van der Waals surface area contributed by atoms with Gasteiger partial charge < -0.3 is 5.11 Å². The second-order valence-electron chi connectivity index (χ2n) is 6.09. The van der Waals surface area contributed by atoms with Crippen LogP contribution < -0.4 is 0 Å². The highest BCUT2D eigenvalue weighted by Crippen LogP contribution is 2.41. The van der Waals surface area contributed by atoms with Crippen LogP contribution in [0.2, 0.25) is 0 Å². The van der Waals surface area contributed by atoms with Gasteiger partial charge in [0.15, 0.2) is 0 Å². The van der Waals surface area contributed by atoms with E-state index in [-0.39, 0.29) is 0 Å². The first-order valence-electron chi connectivity index (χ1n) is 7.82. The number of aliphatic hydroxyl groups excluding tert-OH is 1. The molecule has 3 unspecified atom stereocenters. The summed E-state index contributed by atoms with van der Waals surface area (Å²) in [5.41, 5.74) is 1.97. The number of benzene rings is 1. The van der Waals surface area contributed by atoms with E-state index in [0.29, 0.717) is 11.8 Å². The fourth-order valence-electron chi connectivity index (χ4n) is 3.82. The molecule has 2 aromatic rings. The van der Waals surface area contributed by atoms with Crippen molar-refractivity contribution >= 4 is 10.9 Å². The molecule has 0 spiro atoms. The fraction of sp³-hybridized carbons (Fsp3) is 0.588. The molecule has 0 aliphatic heterocycles. The molecule has 1 aliphatic rings. The van der Waals surface area contributed by atoms with Crippen LogP contribution in [0, 0.1) is 11.8 Å². The van der Waals surface area contributed by atoms with Crippen molar-refractivity contribution in [1.29, 1.82) is 0 Å². The summed E-state index contributed by atoms with van der Waals surface area (Å²) in [7, 11) is 1.96. The molecule has 0 saturated heterocycles. The third kappa shape index (κ3) is 2.24. The zero-order valence-corrected chi connectivity index (χ0v) is 12.4. The molecule has 3 heteroatoms. The molecular weight excluding hydrogens is 248 g/mol. The molecule has 3 rings (SSSR count). The normalized spacial score (nSPS) is 24.9. The van der Waals surface area contributed by atoms with Crippen molar-refractivity contribution in [3.63, 3.8) is 0 Å². The van der Waals surface area contributed by atoms with Crippen molar-refractivity contribution in [1.82, 2.24) is 9.78 Å². The minimum Gasteiger partial charge on any atom is -0.386 e. The zero-order valence-electron chi connectivity index (χ0n) is 12.4. The van der Waals surface area contributed by atoms with Crippen LogP contribution in [0.25, 0.3) is 10.9 Å². The first-order valence-corrected chi connectivity index (χ1v) is 7.82. The Kier molecular flexibility index (Phi) is 3.79. The second-order valence-corrected chi connectivity index (χ2v) is 6.09. The third-order valence-corrected chi connectivity index (χ3v) is 4.96. The lowest BCUT2D eigenvalue weighted by molar-refractivity contribution is 0.0427. The van der Waals surface area contributed by atoms with E-state index in [9.17, 15) is 5.11 Å². The molecule has 3 atom stereocenters. The number of hydrogen-bond donors (Lipinski definition) is 1. The molecule has 1 heterocycles. The van der Waals surface area contributed by atoms with E-state index in [4.69, 9.17) is 0 Å². The van der Waals surface area contributed by atoms with Crippen LogP contribution in [0.3, 0.4) is 0 Å². The van der Waals surface area contributed by atoms with Gasteiger partial charge >= 0.3 is 0 Å². The van der Waals surface area contributed by atoms with Crippen LogP contribution in [-0.4, -0.2) is 14.9 Å². The van der Waals surface area contributed by atoms with Gasteiger partial charge in [0.1, 0.15) is 6.10 Å². The summed E-state index contributed by atoms with van der Waals surface area (Å²) >= 11 is 0. The van der Waals surface area contributed by atoms with Gasteiger partial charge in [0.25, 0.3) is 0 Å². The first kappa shape index (κ1) is 13.6. The average Bonchev–Trinajstić information content (AvgIpc) is 2.84. The van der Waals surface area contributed by atoms with Crippen molar-refractivity contribution in [2.45, 2.75) is 45.1 Å². The average molecular weight is 272 g/mol. The Labute approximate surface area is 120 Å². The van der Waals surface area contributed by atoms with Crippen molar-refractivity contribution in [3.05, 3.63) is 30.0 Å². The number of nitrogens with zero attached hydrogens (tertiary/aromatic N) is 2. The summed E-state index contributed by atoms with van der Waals surface area (Å²) in [6.07, 6.45) is 5.67. The topological polar surface area (TPSA) is 38.1 Å². The number of rotatable bonds is 3. The van der Waals surface area contributed by atoms with E-state index in [1.54, 1.807) is 0 Å². The van der Waals surface area contributed by atoms with E-state index in [1.807, 2.05) is 23.9 Å². The van der Waals surface area contributed by atoms with Crippen LogP contribution in [0.1, 0.15) is 50.8 Å². The Balaban J connectivity index is 1.97. The molecule has 1 fully saturated rings. The molecule has 20 heavy (non-hydrogen) atoms. The summed E-state index contributed by atoms with van der Waals surface area (Å²) in [6, 6.07) is 8.19. The first-order chi connectivity index (χ1) is 9.72. The van der Waals surface area contributed by atoms with Gasteiger partial charge in [-0.2, -0.15) is 5.10 Å². The standard InChI is InChI=1S/C17H24N2O/c1-3-12-8-4-5-9-13(12)17(20)16-14-10-6-7-11-15(14)19(2)18-16/h6-7,10-13,17,20H,3-5,8-9H2,1-2H3. The van der Waals surface area contributed by atoms with Crippen LogP contribution in [-0.2, 0) is 7.05 Å². The Morgan fingerprint density at radius 2 is 2.05 bits per heavy atom. The maximum absolute atomic E-state index is 10.9. The van der Waals surface area contributed by atoms with E-state index >= 15 is 0 Å². The molecule has 1 aromatic carbocycles. The molecule has 3 nitrogen and oxygen atoms in total. The number of para-hydroxylation sites is 1. The van der Waals surface area contributed by atoms with E-state index in [0.717, 1.165) is 29.4 Å². The molecule has 1 N–H and O–H groups in total. The lowest BCUT2D eigenvalue weighted by Crippen LogP contribution is -2.25. The van der Waals surface area contributed by atoms with Gasteiger partial charge in [-0.3, -0.25) is 4.68 Å². The Bertz CT molecular complexity index is 590. The summed E-state index contributed by atoms with van der Waals surface area (Å²) in [5, 5.41) is 16.6. The highest BCUT2D eigenvalue weighted by Gasteiger charge is 2.32. The van der Waals surface area contributed by atoms with Gasteiger partial charge in [-0.15, -0.1) is 0 Å². The lowest BCUT2D eigenvalue weighted by atomic mass is 9.74. The van der Waals surface area contributed by atoms with Crippen molar-refractivity contribution in [2.75, 3.05) is 0 Å². The van der Waals surface area contributed by atoms with Crippen molar-refractivity contribution in [3.8, 4) is 0 Å². The molecule has 1 aliphatic carbocycles. The largest absolute Gasteiger partial charge is 0.386 e. The summed E-state index contributed by atoms with van der Waals surface area (Å²) in [6.45, 7) is 2.24. The smallest absolute Gasteiger partial charge is 0.101 e. The van der Waals surface area contributed by atoms with Crippen LogP contribution in [0.15, 0.2) is 24.3 Å². The van der Waals surface area contributed by atoms with Gasteiger partial charge in [-0.1, -0.05) is 50.8 Å². The van der Waals surface area contributed by atoms with Gasteiger partial charge in [0.2, 0.25) is 0 Å². The second kappa shape index (κ2) is 5.57. The number of aryl methyl sites for hydroxylation is 1. The quantitative estimate of drug-likeness (QED) is 0.922. The van der Waals surface area contributed by atoms with Gasteiger partial charge in [0, 0.05) is 12.4 Å². The maximum Gasteiger partial charge on any atom is 0.101 e. The zero-order chi connectivity index (χ0) is 14.1. The molecule has 1 saturated carbocycles. The Hall–Kier alpha value is -1.35. The number of aliphatic hydroxyl groups is 1. The summed E-state index contributed by atoms with van der Waals surface area (Å²) in [5.74, 6) is 1.01. The fourth-order valence-corrected chi connectivity index (χ4v) is 3.82. The summed E-state index contributed by atoms with van der Waals surface area (Å²) < 4.78 is 1.89. The van der Waals surface area contributed by atoms with Crippen molar-refractivity contribution in [2.24, 2.45) is 18.9 Å². The van der Waals surface area contributed by atoms with E-state index in [2.05, 4.69) is 24.2 Å². The number of fused-ring (bicyclic) bond motifs is 1. The van der Waals surface area contributed by atoms with Gasteiger partial charge in [-0.05, 0) is 24.3 Å². The molecule has 108 valence electrons.